The van der Waals surface area contributed by atoms with Gasteiger partial charge in [-0.15, -0.1) is 11.3 Å². The van der Waals surface area contributed by atoms with Gasteiger partial charge in [-0.3, -0.25) is 14.0 Å². The van der Waals surface area contributed by atoms with Gasteiger partial charge in [-0.2, -0.15) is 0 Å². The highest BCUT2D eigenvalue weighted by Gasteiger charge is 2.13. The van der Waals surface area contributed by atoms with E-state index < -0.39 is 0 Å². The molecule has 8 heteroatoms. The van der Waals surface area contributed by atoms with E-state index in [0.29, 0.717) is 4.96 Å². The summed E-state index contributed by atoms with van der Waals surface area (Å²) in [7, 11) is 0. The molecule has 0 aliphatic carbocycles. The molecule has 120 valence electrons. The van der Waals surface area contributed by atoms with Crippen LogP contribution in [0.1, 0.15) is 11.3 Å². The van der Waals surface area contributed by atoms with Crippen molar-refractivity contribution in [3.05, 3.63) is 63.9 Å². The quantitative estimate of drug-likeness (QED) is 0.618. The zero-order chi connectivity index (χ0) is 16.7. The Bertz CT molecular complexity index is 1120. The topological polar surface area (TPSA) is 80.8 Å². The van der Waals surface area contributed by atoms with Gasteiger partial charge in [0.15, 0.2) is 4.96 Å². The largest absolute Gasteiger partial charge is 0.320 e. The van der Waals surface area contributed by atoms with E-state index in [1.807, 2.05) is 29.7 Å². The maximum absolute atomic E-state index is 12.3. The number of aromatic nitrogens is 4. The van der Waals surface area contributed by atoms with Crippen LogP contribution in [0.5, 0.6) is 0 Å². The molecule has 0 radical (unpaired) electrons. The van der Waals surface area contributed by atoms with Crippen LogP contribution in [0.3, 0.4) is 0 Å². The third kappa shape index (κ3) is 2.37. The number of nitrogens with one attached hydrogen (secondary N) is 1. The van der Waals surface area contributed by atoms with Crippen molar-refractivity contribution in [1.82, 2.24) is 18.8 Å². The summed E-state index contributed by atoms with van der Waals surface area (Å²) in [6.45, 7) is 1.97. The van der Waals surface area contributed by atoms with Crippen molar-refractivity contribution in [1.29, 1.82) is 0 Å². The average Bonchev–Trinajstić information content (AvgIpc) is 3.19. The lowest BCUT2D eigenvalue weighted by atomic mass is 10.3. The first-order valence-corrected chi connectivity index (χ1v) is 8.18. The molecule has 1 N–H and O–H groups in total. The van der Waals surface area contributed by atoms with Gasteiger partial charge in [0.05, 0.1) is 18.3 Å². The number of nitrogens with zero attached hydrogens (tertiary/aromatic N) is 4. The molecule has 0 bridgehead atoms. The Morgan fingerprint density at radius 2 is 2.12 bits per heavy atom. The summed E-state index contributed by atoms with van der Waals surface area (Å²) in [5.74, 6) is -0.285. The number of amides is 1. The second-order valence-electron chi connectivity index (χ2n) is 5.39. The third-order valence-corrected chi connectivity index (χ3v) is 4.54. The fraction of sp³-hybridized carbons (Fsp3) is 0.125. The first-order chi connectivity index (χ1) is 11.6. The molecule has 1 amide bonds. The minimum Gasteiger partial charge on any atom is -0.320 e. The summed E-state index contributed by atoms with van der Waals surface area (Å²) < 4.78 is 3.29. The van der Waals surface area contributed by atoms with E-state index >= 15 is 0 Å². The van der Waals surface area contributed by atoms with Crippen molar-refractivity contribution < 1.29 is 4.79 Å². The summed E-state index contributed by atoms with van der Waals surface area (Å²) in [4.78, 5) is 33.7. The van der Waals surface area contributed by atoms with E-state index in [4.69, 9.17) is 0 Å². The number of pyridine rings is 1. The van der Waals surface area contributed by atoms with E-state index in [-0.39, 0.29) is 23.6 Å². The van der Waals surface area contributed by atoms with Crippen LogP contribution in [0, 0.1) is 6.92 Å². The van der Waals surface area contributed by atoms with Crippen molar-refractivity contribution >= 4 is 33.5 Å². The SMILES string of the molecule is Cc1cccn2c(CC(=O)Nc3cnc4sccn4c3=O)cnc12. The molecule has 0 fully saturated rings. The Balaban J connectivity index is 1.60. The molecular weight excluding hydrogens is 326 g/mol. The fourth-order valence-electron chi connectivity index (χ4n) is 2.60. The Labute approximate surface area is 140 Å². The molecule has 4 heterocycles. The molecule has 0 saturated heterocycles. The number of hydrogen-bond donors (Lipinski definition) is 1. The van der Waals surface area contributed by atoms with Gasteiger partial charge in [-0.1, -0.05) is 6.07 Å². The van der Waals surface area contributed by atoms with E-state index in [1.54, 1.807) is 17.8 Å². The molecular formula is C16H13N5O2S. The Kier molecular flexibility index (Phi) is 3.39. The lowest BCUT2D eigenvalue weighted by molar-refractivity contribution is -0.115. The van der Waals surface area contributed by atoms with Crippen LogP contribution in [-0.2, 0) is 11.2 Å². The van der Waals surface area contributed by atoms with Crippen LogP contribution >= 0.6 is 11.3 Å². The van der Waals surface area contributed by atoms with Gasteiger partial charge in [0.1, 0.15) is 11.3 Å². The van der Waals surface area contributed by atoms with Crippen molar-refractivity contribution in [2.45, 2.75) is 13.3 Å². The zero-order valence-electron chi connectivity index (χ0n) is 12.8. The molecule has 0 spiro atoms. The number of carbonyl (C=O) groups excluding carboxylic acids is 1. The number of fused-ring (bicyclic) bond motifs is 2. The van der Waals surface area contributed by atoms with Gasteiger partial charge < -0.3 is 9.72 Å². The van der Waals surface area contributed by atoms with E-state index in [9.17, 15) is 9.59 Å². The summed E-state index contributed by atoms with van der Waals surface area (Å²) in [6.07, 6.45) is 6.69. The fourth-order valence-corrected chi connectivity index (χ4v) is 3.28. The molecule has 24 heavy (non-hydrogen) atoms. The predicted molar refractivity (Wildman–Crippen MR) is 91.6 cm³/mol. The molecule has 0 aliphatic rings. The highest BCUT2D eigenvalue weighted by Crippen LogP contribution is 2.12. The minimum atomic E-state index is -0.288. The van der Waals surface area contributed by atoms with Gasteiger partial charge in [-0.25, -0.2) is 9.97 Å². The first kappa shape index (κ1) is 14.6. The second-order valence-corrected chi connectivity index (χ2v) is 6.26. The molecule has 4 rings (SSSR count). The van der Waals surface area contributed by atoms with Crippen LogP contribution in [0.25, 0.3) is 10.6 Å². The monoisotopic (exact) mass is 339 g/mol. The maximum Gasteiger partial charge on any atom is 0.282 e. The smallest absolute Gasteiger partial charge is 0.282 e. The van der Waals surface area contributed by atoms with Crippen LogP contribution in [0.2, 0.25) is 0 Å². The van der Waals surface area contributed by atoms with Crippen LogP contribution in [0.15, 0.2) is 47.1 Å². The maximum atomic E-state index is 12.3. The number of carbonyl (C=O) groups is 1. The van der Waals surface area contributed by atoms with E-state index in [0.717, 1.165) is 16.9 Å². The van der Waals surface area contributed by atoms with Gasteiger partial charge in [-0.05, 0) is 18.6 Å². The summed E-state index contributed by atoms with van der Waals surface area (Å²) >= 11 is 1.36. The number of anilines is 1. The van der Waals surface area contributed by atoms with Gasteiger partial charge in [0, 0.05) is 24.0 Å². The molecule has 0 aromatic carbocycles. The van der Waals surface area contributed by atoms with Crippen molar-refractivity contribution in [2.24, 2.45) is 0 Å². The number of imidazole rings is 1. The number of thiazole rings is 1. The van der Waals surface area contributed by atoms with Crippen molar-refractivity contribution in [2.75, 3.05) is 5.32 Å². The molecule has 0 unspecified atom stereocenters. The van der Waals surface area contributed by atoms with Gasteiger partial charge >= 0.3 is 0 Å². The third-order valence-electron chi connectivity index (χ3n) is 3.77. The Morgan fingerprint density at radius 3 is 3.00 bits per heavy atom. The first-order valence-electron chi connectivity index (χ1n) is 7.30. The lowest BCUT2D eigenvalue weighted by Crippen LogP contribution is -2.23. The van der Waals surface area contributed by atoms with Gasteiger partial charge in [0.2, 0.25) is 5.91 Å². The lowest BCUT2D eigenvalue weighted by Gasteiger charge is -2.05. The number of aryl methyl sites for hydroxylation is 1. The van der Waals surface area contributed by atoms with Crippen molar-refractivity contribution in [3.63, 3.8) is 0 Å². The standard InChI is InChI=1S/C16H13N5O2S/c1-10-3-2-4-20-11(8-17-14(10)20)7-13(22)19-12-9-18-16-21(15(12)23)5-6-24-16/h2-6,8-9H,7H2,1H3,(H,19,22). The summed E-state index contributed by atoms with van der Waals surface area (Å²) in [5, 5.41) is 4.41. The predicted octanol–water partition coefficient (Wildman–Crippen LogP) is 1.89. The molecule has 4 aromatic rings. The molecule has 0 saturated carbocycles. The van der Waals surface area contributed by atoms with Crippen LogP contribution in [0.4, 0.5) is 5.69 Å². The molecule has 0 atom stereocenters. The molecule has 4 aromatic heterocycles. The number of hydrogen-bond acceptors (Lipinski definition) is 5. The van der Waals surface area contributed by atoms with Crippen LogP contribution in [-0.4, -0.2) is 24.7 Å². The van der Waals surface area contributed by atoms with Crippen LogP contribution < -0.4 is 10.9 Å². The zero-order valence-corrected chi connectivity index (χ0v) is 13.6. The Hall–Kier alpha value is -3.00. The second kappa shape index (κ2) is 5.57. The normalized spacial score (nSPS) is 11.2. The van der Waals surface area contributed by atoms with Crippen molar-refractivity contribution in [3.8, 4) is 0 Å². The highest BCUT2D eigenvalue weighted by atomic mass is 32.1. The summed E-state index contributed by atoms with van der Waals surface area (Å²) in [5.41, 5.74) is 2.50. The summed E-state index contributed by atoms with van der Waals surface area (Å²) in [6, 6.07) is 3.88. The Morgan fingerprint density at radius 1 is 1.25 bits per heavy atom. The number of rotatable bonds is 3. The van der Waals surface area contributed by atoms with Gasteiger partial charge in [0.25, 0.3) is 5.56 Å². The molecule has 7 nitrogen and oxygen atoms in total. The van der Waals surface area contributed by atoms with E-state index in [2.05, 4.69) is 15.3 Å². The minimum absolute atomic E-state index is 0.121. The highest BCUT2D eigenvalue weighted by molar-refractivity contribution is 7.15. The molecule has 0 aliphatic heterocycles. The average molecular weight is 339 g/mol. The van der Waals surface area contributed by atoms with E-state index in [1.165, 1.54) is 21.9 Å².